The van der Waals surface area contributed by atoms with E-state index in [1.165, 1.54) is 46.4 Å². The maximum Gasteiger partial charge on any atom is 0.573 e. The molecule has 1 N–H and O–H groups in total. The highest BCUT2D eigenvalue weighted by molar-refractivity contribution is 8.14. The van der Waals surface area contributed by atoms with Gasteiger partial charge in [-0.3, -0.25) is 0 Å². The Hall–Kier alpha value is -4.32. The first-order valence-corrected chi connectivity index (χ1v) is 16.1. The molecule has 2 amide bonds. The minimum atomic E-state index is -4.75. The summed E-state index contributed by atoms with van der Waals surface area (Å²) in [5.74, 6) is 1.42. The van der Waals surface area contributed by atoms with Crippen LogP contribution in [-0.4, -0.2) is 50.7 Å². The third kappa shape index (κ3) is 8.09. The second-order valence-corrected chi connectivity index (χ2v) is 12.7. The van der Waals surface area contributed by atoms with Crippen LogP contribution in [-0.2, 0) is 0 Å². The molecule has 2 atom stereocenters. The van der Waals surface area contributed by atoms with Gasteiger partial charge in [-0.05, 0) is 73.2 Å². The Kier molecular flexibility index (Phi) is 10.0. The third-order valence-electron chi connectivity index (χ3n) is 7.91. The van der Waals surface area contributed by atoms with Gasteiger partial charge in [-0.1, -0.05) is 68.9 Å². The lowest BCUT2D eigenvalue weighted by atomic mass is 9.93. The summed E-state index contributed by atoms with van der Waals surface area (Å²) in [7, 11) is 0. The summed E-state index contributed by atoms with van der Waals surface area (Å²) in [6.45, 7) is 11.3. The Labute approximate surface area is 271 Å². The van der Waals surface area contributed by atoms with E-state index in [9.17, 15) is 18.0 Å². The number of nitrogens with zero attached hydrogens (tertiary/aromatic N) is 5. The fourth-order valence-electron chi connectivity index (χ4n) is 5.24. The highest BCUT2D eigenvalue weighted by Crippen LogP contribution is 2.33. The van der Waals surface area contributed by atoms with Crippen LogP contribution < -0.4 is 15.0 Å². The van der Waals surface area contributed by atoms with Crippen molar-refractivity contribution in [3.8, 4) is 22.8 Å². The molecule has 1 fully saturated rings. The average molecular weight is 651 g/mol. The molecule has 2 unspecified atom stereocenters. The molecule has 0 aliphatic carbocycles. The Bertz CT molecular complexity index is 1690. The zero-order valence-corrected chi connectivity index (χ0v) is 27.2. The number of aryl methyl sites for hydroxylation is 1. The number of nitrogens with one attached hydrogen (secondary N) is 1. The van der Waals surface area contributed by atoms with Crippen molar-refractivity contribution < 1.29 is 22.7 Å². The Balaban J connectivity index is 1.23. The van der Waals surface area contributed by atoms with E-state index in [1.54, 1.807) is 11.8 Å². The van der Waals surface area contributed by atoms with Crippen LogP contribution in [0, 0.1) is 6.92 Å². The summed E-state index contributed by atoms with van der Waals surface area (Å²) in [5, 5.41) is 8.26. The molecule has 12 heteroatoms. The molecule has 46 heavy (non-hydrogen) atoms. The van der Waals surface area contributed by atoms with Crippen LogP contribution in [0.3, 0.4) is 0 Å². The summed E-state index contributed by atoms with van der Waals surface area (Å²) in [4.78, 5) is 24.2. The molecule has 1 aliphatic heterocycles. The number of halogens is 3. The SMILES string of the molecule is Cc1ccc(C(C)C)c(N2CCCS/C2=N\C(=O)NC(C)C(C)c2ccc(-c3ncn(-c4ccc(OC(F)(F)F)cc4)n3)cc2)c1. The number of urea groups is 1. The number of anilines is 1. The van der Waals surface area contributed by atoms with E-state index in [2.05, 4.69) is 75.9 Å². The molecule has 242 valence electrons. The lowest BCUT2D eigenvalue weighted by molar-refractivity contribution is -0.274. The normalized spacial score (nSPS) is 16.0. The predicted molar refractivity (Wildman–Crippen MR) is 177 cm³/mol. The van der Waals surface area contributed by atoms with Gasteiger partial charge in [0, 0.05) is 35.5 Å². The molecule has 3 aromatic carbocycles. The van der Waals surface area contributed by atoms with Crippen molar-refractivity contribution in [2.24, 2.45) is 4.99 Å². The number of rotatable bonds is 8. The number of hydrogen-bond acceptors (Lipinski definition) is 5. The highest BCUT2D eigenvalue weighted by atomic mass is 32.2. The lowest BCUT2D eigenvalue weighted by Crippen LogP contribution is -2.39. The summed E-state index contributed by atoms with van der Waals surface area (Å²) in [6, 6.07) is 19.1. The van der Waals surface area contributed by atoms with Gasteiger partial charge in [0.2, 0.25) is 0 Å². The molecular weight excluding hydrogens is 613 g/mol. The largest absolute Gasteiger partial charge is 0.573 e. The van der Waals surface area contributed by atoms with Crippen molar-refractivity contribution in [3.63, 3.8) is 0 Å². The number of hydrogen-bond donors (Lipinski definition) is 1. The molecule has 0 spiro atoms. The molecule has 0 radical (unpaired) electrons. The van der Waals surface area contributed by atoms with Gasteiger partial charge in [-0.15, -0.1) is 18.3 Å². The van der Waals surface area contributed by atoms with Crippen molar-refractivity contribution in [2.75, 3.05) is 17.2 Å². The molecule has 1 saturated heterocycles. The van der Waals surface area contributed by atoms with Crippen LogP contribution in [0.2, 0.25) is 0 Å². The van der Waals surface area contributed by atoms with Crippen LogP contribution in [0.1, 0.15) is 62.6 Å². The van der Waals surface area contributed by atoms with Crippen molar-refractivity contribution in [1.29, 1.82) is 0 Å². The zero-order chi connectivity index (χ0) is 33.0. The maximum absolute atomic E-state index is 13.1. The van der Waals surface area contributed by atoms with Gasteiger partial charge in [0.15, 0.2) is 11.0 Å². The Morgan fingerprint density at radius 2 is 1.74 bits per heavy atom. The van der Waals surface area contributed by atoms with Gasteiger partial charge in [0.05, 0.1) is 5.69 Å². The van der Waals surface area contributed by atoms with E-state index in [0.717, 1.165) is 40.7 Å². The second-order valence-electron chi connectivity index (χ2n) is 11.7. The smallest absolute Gasteiger partial charge is 0.406 e. The first kappa shape index (κ1) is 33.1. The molecule has 4 aromatic rings. The number of amidine groups is 1. The summed E-state index contributed by atoms with van der Waals surface area (Å²) < 4.78 is 42.8. The van der Waals surface area contributed by atoms with E-state index in [-0.39, 0.29) is 23.7 Å². The molecule has 8 nitrogen and oxygen atoms in total. The van der Waals surface area contributed by atoms with E-state index >= 15 is 0 Å². The number of thioether (sulfide) groups is 1. The van der Waals surface area contributed by atoms with Crippen molar-refractivity contribution in [1.82, 2.24) is 20.1 Å². The van der Waals surface area contributed by atoms with Gasteiger partial charge < -0.3 is 15.0 Å². The number of aliphatic imine (C=N–C) groups is 1. The molecule has 0 saturated carbocycles. The molecule has 1 aromatic heterocycles. The third-order valence-corrected chi connectivity index (χ3v) is 8.97. The number of ether oxygens (including phenoxy) is 1. The number of aromatic nitrogens is 3. The van der Waals surface area contributed by atoms with E-state index in [1.807, 2.05) is 31.2 Å². The quantitative estimate of drug-likeness (QED) is 0.206. The Morgan fingerprint density at radius 3 is 2.41 bits per heavy atom. The molecule has 1 aliphatic rings. The van der Waals surface area contributed by atoms with Crippen LogP contribution in [0.25, 0.3) is 17.1 Å². The van der Waals surface area contributed by atoms with Gasteiger partial charge >= 0.3 is 12.4 Å². The minimum Gasteiger partial charge on any atom is -0.406 e. The number of carbonyl (C=O) groups excluding carboxylic acids is 1. The van der Waals surface area contributed by atoms with Crippen LogP contribution in [0.15, 0.2) is 78.0 Å². The van der Waals surface area contributed by atoms with Gasteiger partial charge in [0.1, 0.15) is 12.1 Å². The second kappa shape index (κ2) is 14.0. The van der Waals surface area contributed by atoms with Crippen LogP contribution in [0.5, 0.6) is 5.75 Å². The summed E-state index contributed by atoms with van der Waals surface area (Å²) in [6.07, 6.45) is -2.23. The van der Waals surface area contributed by atoms with Crippen molar-refractivity contribution in [3.05, 3.63) is 89.7 Å². The molecular formula is C34H37F3N6O2S. The first-order valence-electron chi connectivity index (χ1n) is 15.2. The summed E-state index contributed by atoms with van der Waals surface area (Å²) in [5.41, 5.74) is 5.87. The van der Waals surface area contributed by atoms with Crippen molar-refractivity contribution in [2.45, 2.75) is 65.3 Å². The van der Waals surface area contributed by atoms with Gasteiger partial charge in [0.25, 0.3) is 0 Å². The fourth-order valence-corrected chi connectivity index (χ4v) is 6.18. The number of alkyl halides is 3. The van der Waals surface area contributed by atoms with Gasteiger partial charge in [-0.25, -0.2) is 14.5 Å². The maximum atomic E-state index is 13.1. The average Bonchev–Trinajstić information content (AvgIpc) is 3.51. The van der Waals surface area contributed by atoms with Crippen molar-refractivity contribution >= 4 is 28.6 Å². The molecule has 5 rings (SSSR count). The zero-order valence-electron chi connectivity index (χ0n) is 26.4. The van der Waals surface area contributed by atoms with E-state index in [0.29, 0.717) is 17.4 Å². The predicted octanol–water partition coefficient (Wildman–Crippen LogP) is 8.47. The van der Waals surface area contributed by atoms with Gasteiger partial charge in [-0.2, -0.15) is 4.99 Å². The topological polar surface area (TPSA) is 84.6 Å². The summed E-state index contributed by atoms with van der Waals surface area (Å²) >= 11 is 1.61. The number of benzene rings is 3. The lowest BCUT2D eigenvalue weighted by Gasteiger charge is -2.32. The monoisotopic (exact) mass is 650 g/mol. The number of carbonyl (C=O) groups is 1. The Morgan fingerprint density at radius 1 is 1.02 bits per heavy atom. The van der Waals surface area contributed by atoms with E-state index < -0.39 is 6.36 Å². The van der Waals surface area contributed by atoms with Crippen LogP contribution in [0.4, 0.5) is 23.7 Å². The first-order chi connectivity index (χ1) is 21.9. The van der Waals surface area contributed by atoms with Crippen LogP contribution >= 0.6 is 11.8 Å². The van der Waals surface area contributed by atoms with E-state index in [4.69, 9.17) is 0 Å². The standard InChI is InChI=1S/C34H37F3N6O2S/c1-21(2)29-16-7-22(3)19-30(29)42-17-6-18-46-33(42)40-32(44)39-24(5)23(4)25-8-10-26(11-9-25)31-38-20-43(41-31)27-12-14-28(15-13-27)45-34(35,36)37/h7-16,19-21,23-24H,6,17-18H2,1-5H3,(H,39,44)/b40-33-. The molecule has 0 bridgehead atoms. The fraction of sp³-hybridized carbons (Fsp3) is 0.353. The minimum absolute atomic E-state index is 0.000534. The highest BCUT2D eigenvalue weighted by Gasteiger charge is 2.31. The molecule has 2 heterocycles. The number of amides is 2.